The Hall–Kier alpha value is -0.570. The first-order chi connectivity index (χ1) is 6.72. The van der Waals surface area contributed by atoms with Crippen molar-refractivity contribution in [1.29, 1.82) is 0 Å². The van der Waals surface area contributed by atoms with E-state index in [1.165, 1.54) is 6.42 Å². The van der Waals surface area contributed by atoms with Crippen molar-refractivity contribution in [3.8, 4) is 0 Å². The number of nitrogens with zero attached hydrogens (tertiary/aromatic N) is 3. The highest BCUT2D eigenvalue weighted by Crippen LogP contribution is 2.12. The van der Waals surface area contributed by atoms with Crippen LogP contribution in [0.2, 0.25) is 0 Å². The highest BCUT2D eigenvalue weighted by molar-refractivity contribution is 6.16. The fraction of sp³-hybridized carbons (Fsp3) is 0.800. The van der Waals surface area contributed by atoms with Crippen molar-refractivity contribution in [2.24, 2.45) is 5.92 Å². The summed E-state index contributed by atoms with van der Waals surface area (Å²) in [7, 11) is 0. The average Bonchev–Trinajstić information content (AvgIpc) is 2.59. The largest absolute Gasteiger partial charge is 0.314 e. The van der Waals surface area contributed by atoms with Crippen LogP contribution in [-0.2, 0) is 18.8 Å². The van der Waals surface area contributed by atoms with Gasteiger partial charge in [-0.05, 0) is 12.8 Å². The van der Waals surface area contributed by atoms with Gasteiger partial charge in [0.2, 0.25) is 0 Å². The van der Waals surface area contributed by atoms with E-state index >= 15 is 0 Å². The number of halogens is 1. The number of hydrogen-bond acceptors (Lipinski definition) is 2. The maximum absolute atomic E-state index is 5.77. The van der Waals surface area contributed by atoms with Crippen molar-refractivity contribution in [2.45, 2.75) is 46.0 Å². The molecule has 1 aromatic heterocycles. The van der Waals surface area contributed by atoms with Crippen LogP contribution in [0.15, 0.2) is 0 Å². The minimum Gasteiger partial charge on any atom is -0.314 e. The molecule has 0 aliphatic heterocycles. The molecule has 4 heteroatoms. The number of rotatable bonds is 5. The van der Waals surface area contributed by atoms with E-state index in [0.29, 0.717) is 11.8 Å². The Morgan fingerprint density at radius 1 is 1.29 bits per heavy atom. The molecule has 0 aliphatic rings. The number of alkyl halides is 1. The van der Waals surface area contributed by atoms with Crippen LogP contribution in [0.25, 0.3) is 0 Å². The van der Waals surface area contributed by atoms with Crippen molar-refractivity contribution in [3.63, 3.8) is 0 Å². The zero-order valence-corrected chi connectivity index (χ0v) is 9.88. The van der Waals surface area contributed by atoms with Gasteiger partial charge in [-0.15, -0.1) is 21.8 Å². The third-order valence-corrected chi connectivity index (χ3v) is 2.81. The van der Waals surface area contributed by atoms with Crippen LogP contribution in [0, 0.1) is 5.92 Å². The molecule has 0 spiro atoms. The molecule has 0 saturated carbocycles. The molecule has 0 aromatic carbocycles. The molecule has 1 atom stereocenters. The van der Waals surface area contributed by atoms with Crippen LogP contribution < -0.4 is 0 Å². The topological polar surface area (TPSA) is 30.7 Å². The molecule has 14 heavy (non-hydrogen) atoms. The molecule has 0 bridgehead atoms. The molecule has 1 heterocycles. The maximum atomic E-state index is 5.77. The lowest BCUT2D eigenvalue weighted by Gasteiger charge is -2.09. The summed E-state index contributed by atoms with van der Waals surface area (Å²) in [6.07, 6.45) is 2.17. The van der Waals surface area contributed by atoms with E-state index in [4.69, 9.17) is 11.6 Å². The molecule has 0 amide bonds. The maximum Gasteiger partial charge on any atom is 0.147 e. The third-order valence-electron chi connectivity index (χ3n) is 2.57. The zero-order valence-electron chi connectivity index (χ0n) is 9.13. The average molecular weight is 216 g/mol. The normalized spacial score (nSPS) is 13.1. The van der Waals surface area contributed by atoms with E-state index in [9.17, 15) is 0 Å². The Bertz CT molecular complexity index is 283. The van der Waals surface area contributed by atoms with Crippen molar-refractivity contribution >= 4 is 11.6 Å². The molecule has 1 rings (SSSR count). The van der Waals surface area contributed by atoms with Gasteiger partial charge >= 0.3 is 0 Å². The molecule has 0 aliphatic carbocycles. The Kier molecular flexibility index (Phi) is 4.39. The molecule has 3 nitrogen and oxygen atoms in total. The predicted octanol–water partition coefficient (Wildman–Crippen LogP) is 2.63. The van der Waals surface area contributed by atoms with Crippen LogP contribution in [-0.4, -0.2) is 14.8 Å². The zero-order chi connectivity index (χ0) is 10.6. The highest BCUT2D eigenvalue weighted by Gasteiger charge is 2.11. The van der Waals surface area contributed by atoms with Crippen molar-refractivity contribution in [1.82, 2.24) is 14.8 Å². The molecule has 1 unspecified atom stereocenters. The van der Waals surface area contributed by atoms with Crippen LogP contribution in [0.3, 0.4) is 0 Å². The van der Waals surface area contributed by atoms with E-state index in [1.807, 2.05) is 0 Å². The van der Waals surface area contributed by atoms with Crippen molar-refractivity contribution in [2.75, 3.05) is 0 Å². The number of hydrogen-bond donors (Lipinski definition) is 0. The van der Waals surface area contributed by atoms with Gasteiger partial charge in [0.05, 0.1) is 5.88 Å². The smallest absolute Gasteiger partial charge is 0.147 e. The van der Waals surface area contributed by atoms with Gasteiger partial charge < -0.3 is 4.57 Å². The fourth-order valence-corrected chi connectivity index (χ4v) is 1.64. The first kappa shape index (κ1) is 11.5. The van der Waals surface area contributed by atoms with Gasteiger partial charge in [-0.3, -0.25) is 0 Å². The molecule has 1 aromatic rings. The highest BCUT2D eigenvalue weighted by atomic mass is 35.5. The summed E-state index contributed by atoms with van der Waals surface area (Å²) < 4.78 is 2.11. The summed E-state index contributed by atoms with van der Waals surface area (Å²) in [4.78, 5) is 0. The van der Waals surface area contributed by atoms with Gasteiger partial charge in [0.1, 0.15) is 11.6 Å². The quantitative estimate of drug-likeness (QED) is 0.707. The molecule has 0 fully saturated rings. The lowest BCUT2D eigenvalue weighted by Crippen LogP contribution is -2.08. The van der Waals surface area contributed by atoms with Crippen LogP contribution in [0.1, 0.15) is 38.8 Å². The summed E-state index contributed by atoms with van der Waals surface area (Å²) in [6, 6.07) is 0. The van der Waals surface area contributed by atoms with E-state index < -0.39 is 0 Å². The van der Waals surface area contributed by atoms with Crippen LogP contribution in [0.5, 0.6) is 0 Å². The van der Waals surface area contributed by atoms with Gasteiger partial charge in [-0.25, -0.2) is 0 Å². The van der Waals surface area contributed by atoms with Gasteiger partial charge in [0.15, 0.2) is 0 Å². The van der Waals surface area contributed by atoms with Gasteiger partial charge in [0, 0.05) is 13.0 Å². The minimum absolute atomic E-state index is 0.446. The molecule has 0 saturated heterocycles. The molecular formula is C10H18ClN3. The minimum atomic E-state index is 0.446. The summed E-state index contributed by atoms with van der Waals surface area (Å²) in [5.74, 6) is 3.05. The summed E-state index contributed by atoms with van der Waals surface area (Å²) in [5.41, 5.74) is 0. The van der Waals surface area contributed by atoms with Crippen LogP contribution >= 0.6 is 11.6 Å². The van der Waals surface area contributed by atoms with E-state index in [2.05, 4.69) is 35.5 Å². The molecule has 0 radical (unpaired) electrons. The molecular weight excluding hydrogens is 198 g/mol. The first-order valence-corrected chi connectivity index (χ1v) is 5.73. The van der Waals surface area contributed by atoms with E-state index in [0.717, 1.165) is 24.6 Å². The van der Waals surface area contributed by atoms with Gasteiger partial charge in [0.25, 0.3) is 0 Å². The van der Waals surface area contributed by atoms with Gasteiger partial charge in [-0.2, -0.15) is 0 Å². The summed E-state index contributed by atoms with van der Waals surface area (Å²) >= 11 is 5.77. The SMILES string of the molecule is CCC(C)Cc1nnc(CCl)n1CC. The Morgan fingerprint density at radius 2 is 1.93 bits per heavy atom. The van der Waals surface area contributed by atoms with Crippen molar-refractivity contribution in [3.05, 3.63) is 11.6 Å². The second-order valence-corrected chi connectivity index (χ2v) is 3.90. The second kappa shape index (κ2) is 5.35. The van der Waals surface area contributed by atoms with Crippen molar-refractivity contribution < 1.29 is 0 Å². The van der Waals surface area contributed by atoms with Gasteiger partial charge in [-0.1, -0.05) is 20.3 Å². The Balaban J connectivity index is 2.80. The second-order valence-electron chi connectivity index (χ2n) is 3.63. The summed E-state index contributed by atoms with van der Waals surface area (Å²) in [6.45, 7) is 7.43. The predicted molar refractivity (Wildman–Crippen MR) is 58.4 cm³/mol. The Morgan fingerprint density at radius 3 is 2.43 bits per heavy atom. The Labute approximate surface area is 90.5 Å². The standard InChI is InChI=1S/C10H18ClN3/c1-4-8(3)6-9-12-13-10(7-11)14(9)5-2/h8H,4-7H2,1-3H3. The lowest BCUT2D eigenvalue weighted by atomic mass is 10.1. The van der Waals surface area contributed by atoms with E-state index in [1.54, 1.807) is 0 Å². The lowest BCUT2D eigenvalue weighted by molar-refractivity contribution is 0.521. The molecule has 0 N–H and O–H groups in total. The third kappa shape index (κ3) is 2.47. The number of aromatic nitrogens is 3. The monoisotopic (exact) mass is 215 g/mol. The fourth-order valence-electron chi connectivity index (χ4n) is 1.44. The first-order valence-electron chi connectivity index (χ1n) is 5.19. The van der Waals surface area contributed by atoms with E-state index in [-0.39, 0.29) is 0 Å². The summed E-state index contributed by atoms with van der Waals surface area (Å²) in [5, 5.41) is 8.25. The molecule has 80 valence electrons. The van der Waals surface area contributed by atoms with Crippen LogP contribution in [0.4, 0.5) is 0 Å².